The van der Waals surface area contributed by atoms with Gasteiger partial charge in [-0.15, -0.1) is 0 Å². The zero-order chi connectivity index (χ0) is 28.6. The second-order valence-electron chi connectivity index (χ2n) is 9.44. The normalized spacial score (nSPS) is 15.2. The van der Waals surface area contributed by atoms with E-state index in [2.05, 4.69) is 76.3 Å². The van der Waals surface area contributed by atoms with Crippen LogP contribution in [0.3, 0.4) is 0 Å². The predicted molar refractivity (Wildman–Crippen MR) is 166 cm³/mol. The van der Waals surface area contributed by atoms with Crippen molar-refractivity contribution in [2.24, 2.45) is 4.99 Å². The number of hydrogen-bond donors (Lipinski definition) is 0. The van der Waals surface area contributed by atoms with Crippen LogP contribution in [-0.2, 0) is 9.53 Å². The lowest BCUT2D eigenvalue weighted by atomic mass is 9.96. The van der Waals surface area contributed by atoms with Crippen LogP contribution in [-0.4, -0.2) is 28.3 Å². The molecule has 0 aliphatic carbocycles. The molecule has 3 heterocycles. The molecule has 2 aromatic heterocycles. The lowest BCUT2D eigenvalue weighted by Gasteiger charge is -2.24. The quantitative estimate of drug-likeness (QED) is 0.201. The molecule has 40 heavy (non-hydrogen) atoms. The molecule has 9 heteroatoms. The number of nitrogens with zero attached hydrogens (tertiary/aromatic N) is 3. The maximum absolute atomic E-state index is 14.0. The molecule has 4 aromatic rings. The lowest BCUT2D eigenvalue weighted by Crippen LogP contribution is -2.39. The molecule has 0 saturated carbocycles. The maximum atomic E-state index is 14.0. The highest BCUT2D eigenvalue weighted by atomic mass is 127. The zero-order valence-electron chi connectivity index (χ0n) is 23.0. The van der Waals surface area contributed by atoms with Gasteiger partial charge < -0.3 is 14.0 Å². The van der Waals surface area contributed by atoms with Crippen LogP contribution in [0.2, 0.25) is 0 Å². The first-order valence-corrected chi connectivity index (χ1v) is 15.0. The van der Waals surface area contributed by atoms with Gasteiger partial charge in [-0.3, -0.25) is 9.36 Å². The Bertz CT molecular complexity index is 1790. The number of rotatable bonds is 7. The Morgan fingerprint density at radius 1 is 1.05 bits per heavy atom. The summed E-state index contributed by atoms with van der Waals surface area (Å²) in [5.41, 5.74) is 5.63. The first-order chi connectivity index (χ1) is 19.2. The highest BCUT2D eigenvalue weighted by Gasteiger charge is 2.33. The van der Waals surface area contributed by atoms with Crippen molar-refractivity contribution in [1.82, 2.24) is 9.13 Å². The van der Waals surface area contributed by atoms with Crippen LogP contribution in [0.15, 0.2) is 75.7 Å². The van der Waals surface area contributed by atoms with Gasteiger partial charge in [0, 0.05) is 20.6 Å². The summed E-state index contributed by atoms with van der Waals surface area (Å²) < 4.78 is 16.5. The minimum absolute atomic E-state index is 0.198. The SMILES string of the molecule is CCOC(=O)C1=C(C)N=c2s/c(=C\c3cc(C)n(-c4ccc(I)cc4)c3C)c(=O)n2[C@@H]1c1ccc(OCC)cc1. The largest absolute Gasteiger partial charge is 0.494 e. The van der Waals surface area contributed by atoms with Gasteiger partial charge in [0.1, 0.15) is 5.75 Å². The minimum atomic E-state index is -0.660. The second kappa shape index (κ2) is 11.6. The number of carbonyl (C=O) groups excluding carboxylic acids is 1. The number of benzene rings is 2. The van der Waals surface area contributed by atoms with Crippen molar-refractivity contribution >= 4 is 46.0 Å². The minimum Gasteiger partial charge on any atom is -0.494 e. The molecular formula is C31H30IN3O4S. The Morgan fingerprint density at radius 3 is 2.40 bits per heavy atom. The van der Waals surface area contributed by atoms with Crippen molar-refractivity contribution in [2.75, 3.05) is 13.2 Å². The number of esters is 1. The third-order valence-corrected chi connectivity index (χ3v) is 8.57. The van der Waals surface area contributed by atoms with Gasteiger partial charge in [0.05, 0.1) is 35.1 Å². The number of carbonyl (C=O) groups is 1. The highest BCUT2D eigenvalue weighted by molar-refractivity contribution is 14.1. The Labute approximate surface area is 250 Å². The fourth-order valence-corrected chi connectivity index (χ4v) is 6.48. The topological polar surface area (TPSA) is 74.8 Å². The van der Waals surface area contributed by atoms with E-state index in [0.717, 1.165) is 34.0 Å². The summed E-state index contributed by atoms with van der Waals surface area (Å²) in [7, 11) is 0. The molecule has 0 bridgehead atoms. The fourth-order valence-electron chi connectivity index (χ4n) is 5.08. The summed E-state index contributed by atoms with van der Waals surface area (Å²) in [6, 6.07) is 17.3. The van der Waals surface area contributed by atoms with E-state index in [-0.39, 0.29) is 12.2 Å². The van der Waals surface area contributed by atoms with Crippen LogP contribution in [0.1, 0.15) is 49.3 Å². The molecule has 206 valence electrons. The molecule has 0 spiro atoms. The van der Waals surface area contributed by atoms with Gasteiger partial charge in [0.2, 0.25) is 0 Å². The smallest absolute Gasteiger partial charge is 0.338 e. The standard InChI is InChI=1S/C31H30IN3O4S/c1-6-38-25-14-8-21(9-15-25)28-27(30(37)39-7-2)19(4)33-31-35(28)29(36)26(40-31)17-22-16-18(3)34(20(22)5)24-12-10-23(32)11-13-24/h8-17,28H,6-7H2,1-5H3/b26-17-/t28-/m1/s1. The van der Waals surface area contributed by atoms with Crippen LogP contribution in [0.4, 0.5) is 0 Å². The van der Waals surface area contributed by atoms with Crippen molar-refractivity contribution < 1.29 is 14.3 Å². The average Bonchev–Trinajstić information content (AvgIpc) is 3.38. The molecule has 0 radical (unpaired) electrons. The van der Waals surface area contributed by atoms with Crippen LogP contribution >= 0.6 is 33.9 Å². The molecule has 7 nitrogen and oxygen atoms in total. The van der Waals surface area contributed by atoms with Crippen molar-refractivity contribution in [2.45, 2.75) is 40.7 Å². The fraction of sp³-hybridized carbons (Fsp3) is 0.258. The first-order valence-electron chi connectivity index (χ1n) is 13.1. The zero-order valence-corrected chi connectivity index (χ0v) is 26.0. The van der Waals surface area contributed by atoms with E-state index in [4.69, 9.17) is 9.47 Å². The first kappa shape index (κ1) is 28.1. The summed E-state index contributed by atoms with van der Waals surface area (Å²) >= 11 is 3.62. The second-order valence-corrected chi connectivity index (χ2v) is 11.7. The van der Waals surface area contributed by atoms with Gasteiger partial charge in [-0.25, -0.2) is 9.79 Å². The van der Waals surface area contributed by atoms with E-state index >= 15 is 0 Å². The van der Waals surface area contributed by atoms with Crippen molar-refractivity contribution in [1.29, 1.82) is 0 Å². The van der Waals surface area contributed by atoms with Gasteiger partial charge in [0.15, 0.2) is 4.80 Å². The van der Waals surface area contributed by atoms with E-state index in [1.807, 2.05) is 37.3 Å². The Hall–Kier alpha value is -3.44. The number of aromatic nitrogens is 2. The summed E-state index contributed by atoms with van der Waals surface area (Å²) in [5.74, 6) is 0.249. The number of thiazole rings is 1. The number of fused-ring (bicyclic) bond motifs is 1. The molecule has 0 N–H and O–H groups in total. The van der Waals surface area contributed by atoms with Crippen LogP contribution in [0.25, 0.3) is 11.8 Å². The molecule has 0 fully saturated rings. The third-order valence-electron chi connectivity index (χ3n) is 6.87. The van der Waals surface area contributed by atoms with Crippen molar-refractivity contribution in [3.8, 4) is 11.4 Å². The van der Waals surface area contributed by atoms with Crippen molar-refractivity contribution in [3.05, 3.63) is 112 Å². The predicted octanol–water partition coefficient (Wildman–Crippen LogP) is 5.21. The molecule has 5 rings (SSSR count). The van der Waals surface area contributed by atoms with E-state index in [0.29, 0.717) is 27.2 Å². The van der Waals surface area contributed by atoms with E-state index < -0.39 is 12.0 Å². The van der Waals surface area contributed by atoms with Gasteiger partial charge in [-0.1, -0.05) is 23.5 Å². The number of ether oxygens (including phenoxy) is 2. The van der Waals surface area contributed by atoms with Crippen molar-refractivity contribution in [3.63, 3.8) is 0 Å². The van der Waals surface area contributed by atoms with Gasteiger partial charge in [-0.2, -0.15) is 0 Å². The van der Waals surface area contributed by atoms with E-state index in [1.54, 1.807) is 18.4 Å². The van der Waals surface area contributed by atoms with Crippen LogP contribution in [0.5, 0.6) is 5.75 Å². The molecule has 1 aliphatic rings. The van der Waals surface area contributed by atoms with Gasteiger partial charge in [0.25, 0.3) is 5.56 Å². The third kappa shape index (κ3) is 5.19. The molecule has 0 unspecified atom stereocenters. The Morgan fingerprint density at radius 2 is 1.75 bits per heavy atom. The molecule has 0 amide bonds. The molecule has 2 aromatic carbocycles. The van der Waals surface area contributed by atoms with Crippen LogP contribution < -0.4 is 19.6 Å². The number of aryl methyl sites for hydroxylation is 1. The summed E-state index contributed by atoms with van der Waals surface area (Å²) in [6.07, 6.45) is 1.92. The highest BCUT2D eigenvalue weighted by Crippen LogP contribution is 2.32. The van der Waals surface area contributed by atoms with E-state index in [9.17, 15) is 9.59 Å². The van der Waals surface area contributed by atoms with E-state index in [1.165, 1.54) is 14.9 Å². The van der Waals surface area contributed by atoms with Gasteiger partial charge in [-0.05, 0) is 117 Å². The lowest BCUT2D eigenvalue weighted by molar-refractivity contribution is -0.139. The molecular weight excluding hydrogens is 637 g/mol. The number of hydrogen-bond acceptors (Lipinski definition) is 6. The van der Waals surface area contributed by atoms with Gasteiger partial charge >= 0.3 is 5.97 Å². The Kier molecular flexibility index (Phi) is 8.14. The summed E-state index contributed by atoms with van der Waals surface area (Å²) in [5, 5.41) is 0. The Balaban J connectivity index is 1.66. The summed E-state index contributed by atoms with van der Waals surface area (Å²) in [6.45, 7) is 10.4. The summed E-state index contributed by atoms with van der Waals surface area (Å²) in [4.78, 5) is 32.4. The number of halogens is 1. The molecule has 1 atom stereocenters. The molecule has 1 aliphatic heterocycles. The number of allylic oxidation sites excluding steroid dienone is 1. The average molecular weight is 668 g/mol. The monoisotopic (exact) mass is 667 g/mol. The maximum Gasteiger partial charge on any atom is 0.338 e. The molecule has 0 saturated heterocycles. The van der Waals surface area contributed by atoms with Crippen LogP contribution in [0, 0.1) is 17.4 Å².